The van der Waals surface area contributed by atoms with Gasteiger partial charge in [-0.05, 0) is 89.4 Å². The molecule has 192 valence electrons. The summed E-state index contributed by atoms with van der Waals surface area (Å²) >= 11 is 0. The van der Waals surface area contributed by atoms with Crippen LogP contribution in [0.15, 0.2) is 152 Å². The number of ether oxygens (including phenoxy) is 1. The van der Waals surface area contributed by atoms with Gasteiger partial charge in [0.1, 0.15) is 5.75 Å². The summed E-state index contributed by atoms with van der Waals surface area (Å²) < 4.78 is 5.58. The average Bonchev–Trinajstić information content (AvgIpc) is 2.99. The maximum atomic E-state index is 10.0. The van der Waals surface area contributed by atoms with Gasteiger partial charge >= 0.3 is 0 Å². The molecule has 0 aliphatic heterocycles. The van der Waals surface area contributed by atoms with E-state index in [2.05, 4.69) is 102 Å². The Morgan fingerprint density at radius 3 is 1.56 bits per heavy atom. The number of nitrogens with zero attached hydrogens (tertiary/aromatic N) is 1. The Morgan fingerprint density at radius 2 is 1.08 bits per heavy atom. The van der Waals surface area contributed by atoms with Gasteiger partial charge in [0.15, 0.2) is 0 Å². The molecule has 39 heavy (non-hydrogen) atoms. The van der Waals surface area contributed by atoms with Gasteiger partial charge in [-0.2, -0.15) is 0 Å². The van der Waals surface area contributed by atoms with Crippen LogP contribution in [-0.2, 0) is 0 Å². The number of rotatable bonds is 9. The molecule has 1 unspecified atom stereocenters. The van der Waals surface area contributed by atoms with Crippen molar-refractivity contribution in [3.05, 3.63) is 168 Å². The Kier molecular flexibility index (Phi) is 8.01. The summed E-state index contributed by atoms with van der Waals surface area (Å²) in [6, 6.07) is 47.5. The highest BCUT2D eigenvalue weighted by Gasteiger charge is 2.14. The standard InChI is InChI=1S/C36H31NO2/c1-27(2)36(38)39-34-24-22-33(23-25-34)37(31-16-10-5-11-17-31)32-20-18-28(19-21-32)26-35(29-12-6-3-7-13-29)30-14-8-4-9-15-30/h3-26,36,38H,1H2,2H3. The van der Waals surface area contributed by atoms with Crippen LogP contribution in [0.25, 0.3) is 11.6 Å². The van der Waals surface area contributed by atoms with Crippen molar-refractivity contribution >= 4 is 28.7 Å². The minimum absolute atomic E-state index is 0.557. The lowest BCUT2D eigenvalue weighted by atomic mass is 9.95. The van der Waals surface area contributed by atoms with E-state index in [1.807, 2.05) is 54.6 Å². The smallest absolute Gasteiger partial charge is 0.219 e. The number of hydrogen-bond acceptors (Lipinski definition) is 3. The van der Waals surface area contributed by atoms with E-state index < -0.39 is 6.29 Å². The summed E-state index contributed by atoms with van der Waals surface area (Å²) in [5, 5.41) is 10.0. The molecule has 0 aliphatic rings. The minimum Gasteiger partial charge on any atom is -0.461 e. The van der Waals surface area contributed by atoms with Gasteiger partial charge in [-0.3, -0.25) is 0 Å². The van der Waals surface area contributed by atoms with E-state index in [-0.39, 0.29) is 0 Å². The SMILES string of the molecule is C=C(C)C(O)Oc1ccc(N(c2ccccc2)c2ccc(C=C(c3ccccc3)c3ccccc3)cc2)cc1. The molecule has 0 fully saturated rings. The summed E-state index contributed by atoms with van der Waals surface area (Å²) in [6.07, 6.45) is 1.21. The second kappa shape index (κ2) is 12.1. The number of para-hydroxylation sites is 1. The molecule has 0 bridgehead atoms. The van der Waals surface area contributed by atoms with E-state index in [1.165, 1.54) is 16.7 Å². The molecule has 0 radical (unpaired) electrons. The monoisotopic (exact) mass is 509 g/mol. The molecule has 1 atom stereocenters. The van der Waals surface area contributed by atoms with Crippen LogP contribution in [0, 0.1) is 0 Å². The lowest BCUT2D eigenvalue weighted by Gasteiger charge is -2.26. The van der Waals surface area contributed by atoms with E-state index in [4.69, 9.17) is 4.74 Å². The molecular weight excluding hydrogens is 478 g/mol. The van der Waals surface area contributed by atoms with Crippen LogP contribution in [0.3, 0.4) is 0 Å². The van der Waals surface area contributed by atoms with Gasteiger partial charge in [0.25, 0.3) is 0 Å². The first kappa shape index (κ1) is 25.8. The molecule has 0 saturated carbocycles. The van der Waals surface area contributed by atoms with Crippen LogP contribution in [0.2, 0.25) is 0 Å². The van der Waals surface area contributed by atoms with Crippen LogP contribution >= 0.6 is 0 Å². The summed E-state index contributed by atoms with van der Waals surface area (Å²) in [7, 11) is 0. The van der Waals surface area contributed by atoms with Gasteiger partial charge in [0, 0.05) is 17.1 Å². The van der Waals surface area contributed by atoms with Crippen LogP contribution in [-0.4, -0.2) is 11.4 Å². The van der Waals surface area contributed by atoms with E-state index >= 15 is 0 Å². The summed E-state index contributed by atoms with van der Waals surface area (Å²) in [6.45, 7) is 5.48. The molecule has 3 heteroatoms. The summed E-state index contributed by atoms with van der Waals surface area (Å²) in [5.41, 5.74) is 8.28. The number of aliphatic hydroxyl groups excluding tert-OH is 1. The second-order valence-corrected chi connectivity index (χ2v) is 9.36. The normalized spacial score (nSPS) is 11.3. The predicted molar refractivity (Wildman–Crippen MR) is 162 cm³/mol. The largest absolute Gasteiger partial charge is 0.461 e. The van der Waals surface area contributed by atoms with Crippen molar-refractivity contribution in [3.8, 4) is 5.75 Å². The number of aliphatic hydroxyl groups is 1. The Bertz CT molecular complexity index is 1480. The summed E-state index contributed by atoms with van der Waals surface area (Å²) in [5.74, 6) is 0.581. The third kappa shape index (κ3) is 6.35. The number of anilines is 3. The molecule has 0 spiro atoms. The minimum atomic E-state index is -1.03. The van der Waals surface area contributed by atoms with E-state index in [9.17, 15) is 5.11 Å². The highest BCUT2D eigenvalue weighted by Crippen LogP contribution is 2.36. The molecule has 0 amide bonds. The maximum absolute atomic E-state index is 10.0. The molecule has 5 rings (SSSR count). The molecule has 5 aromatic rings. The fourth-order valence-corrected chi connectivity index (χ4v) is 4.38. The lowest BCUT2D eigenvalue weighted by Crippen LogP contribution is -2.16. The molecule has 5 aromatic carbocycles. The lowest BCUT2D eigenvalue weighted by molar-refractivity contribution is 0.0151. The summed E-state index contributed by atoms with van der Waals surface area (Å²) in [4.78, 5) is 2.20. The van der Waals surface area contributed by atoms with Crippen molar-refractivity contribution in [3.63, 3.8) is 0 Å². The van der Waals surface area contributed by atoms with Gasteiger partial charge in [-0.1, -0.05) is 97.6 Å². The predicted octanol–water partition coefficient (Wildman–Crippen LogP) is 9.02. The van der Waals surface area contributed by atoms with Gasteiger partial charge in [-0.25, -0.2) is 0 Å². The fraction of sp³-hybridized carbons (Fsp3) is 0.0556. The molecule has 3 nitrogen and oxygen atoms in total. The van der Waals surface area contributed by atoms with Crippen molar-refractivity contribution < 1.29 is 9.84 Å². The third-order valence-corrected chi connectivity index (χ3v) is 6.41. The number of benzene rings is 5. The fourth-order valence-electron chi connectivity index (χ4n) is 4.38. The molecule has 0 aromatic heterocycles. The highest BCUT2D eigenvalue weighted by molar-refractivity contribution is 5.91. The van der Waals surface area contributed by atoms with E-state index in [0.29, 0.717) is 11.3 Å². The van der Waals surface area contributed by atoms with Crippen LogP contribution in [0.4, 0.5) is 17.1 Å². The second-order valence-electron chi connectivity index (χ2n) is 9.36. The molecule has 0 heterocycles. The highest BCUT2D eigenvalue weighted by atomic mass is 16.6. The van der Waals surface area contributed by atoms with Crippen molar-refractivity contribution in [1.82, 2.24) is 0 Å². The quantitative estimate of drug-likeness (QED) is 0.122. The average molecular weight is 510 g/mol. The zero-order chi connectivity index (χ0) is 27.0. The first-order valence-electron chi connectivity index (χ1n) is 13.0. The van der Waals surface area contributed by atoms with Crippen molar-refractivity contribution in [1.29, 1.82) is 0 Å². The van der Waals surface area contributed by atoms with Crippen LogP contribution in [0.5, 0.6) is 5.75 Å². The van der Waals surface area contributed by atoms with E-state index in [1.54, 1.807) is 6.92 Å². The van der Waals surface area contributed by atoms with Gasteiger partial charge in [0.05, 0.1) is 0 Å². The zero-order valence-electron chi connectivity index (χ0n) is 21.9. The van der Waals surface area contributed by atoms with E-state index in [0.717, 1.165) is 22.6 Å². The maximum Gasteiger partial charge on any atom is 0.219 e. The Morgan fingerprint density at radius 1 is 0.641 bits per heavy atom. The molecule has 1 N–H and O–H groups in total. The van der Waals surface area contributed by atoms with Crippen molar-refractivity contribution in [2.24, 2.45) is 0 Å². The molecule has 0 saturated heterocycles. The zero-order valence-corrected chi connectivity index (χ0v) is 21.9. The van der Waals surface area contributed by atoms with Crippen molar-refractivity contribution in [2.45, 2.75) is 13.2 Å². The van der Waals surface area contributed by atoms with Gasteiger partial charge in [-0.15, -0.1) is 0 Å². The first-order chi connectivity index (χ1) is 19.1. The Hall–Kier alpha value is -4.86. The Labute approximate surface area is 230 Å². The van der Waals surface area contributed by atoms with Crippen LogP contribution in [0.1, 0.15) is 23.6 Å². The van der Waals surface area contributed by atoms with Crippen molar-refractivity contribution in [2.75, 3.05) is 4.90 Å². The molecular formula is C36H31NO2. The Balaban J connectivity index is 1.49. The molecule has 0 aliphatic carbocycles. The van der Waals surface area contributed by atoms with Crippen LogP contribution < -0.4 is 9.64 Å². The van der Waals surface area contributed by atoms with Gasteiger partial charge in [0.2, 0.25) is 6.29 Å². The first-order valence-corrected chi connectivity index (χ1v) is 13.0. The van der Waals surface area contributed by atoms with Gasteiger partial charge < -0.3 is 14.7 Å². The third-order valence-electron chi connectivity index (χ3n) is 6.41. The topological polar surface area (TPSA) is 32.7 Å². The number of hydrogen-bond donors (Lipinski definition) is 1.